The fourth-order valence-corrected chi connectivity index (χ4v) is 11.6. The molecule has 25 heteroatoms. The van der Waals surface area contributed by atoms with Crippen molar-refractivity contribution in [1.29, 1.82) is 0 Å². The molecule has 9 aromatic rings. The molecule has 0 amide bonds. The van der Waals surface area contributed by atoms with Crippen LogP contribution < -0.4 is 67.1 Å². The molecule has 1 saturated heterocycles. The van der Waals surface area contributed by atoms with E-state index in [1.54, 1.807) is 46.1 Å². The molecule has 0 atom stereocenters. The van der Waals surface area contributed by atoms with Crippen molar-refractivity contribution < 1.29 is 83.9 Å². The molecule has 0 bridgehead atoms. The van der Waals surface area contributed by atoms with Crippen LogP contribution in [-0.4, -0.2) is 151 Å². The average Bonchev–Trinajstić information content (AvgIpc) is 4.16. The summed E-state index contributed by atoms with van der Waals surface area (Å²) in [6.45, 7) is 14.3. The number of carboxylic acid groups (broad SMARTS) is 3. The number of hydrogen-bond acceptors (Lipinski definition) is 15. The van der Waals surface area contributed by atoms with Crippen molar-refractivity contribution in [3.05, 3.63) is 142 Å². The van der Waals surface area contributed by atoms with Gasteiger partial charge in [-0.1, -0.05) is 144 Å². The molecular formula is C52H53Br3CaKN11O6S3. The summed E-state index contributed by atoms with van der Waals surface area (Å²) in [5, 5.41) is 68.9. The first kappa shape index (κ1) is 65.1. The molecule has 10 rings (SSSR count). The number of rotatable bonds is 12. The monoisotopic (exact) mass is 1340 g/mol. The van der Waals surface area contributed by atoms with Gasteiger partial charge in [0.05, 0.1) is 27.8 Å². The van der Waals surface area contributed by atoms with Crippen molar-refractivity contribution >= 4 is 171 Å². The maximum atomic E-state index is 11.4. The Balaban J connectivity index is 0.000000288. The number of thioether (sulfide) groups is 3. The van der Waals surface area contributed by atoms with Crippen LogP contribution >= 0.6 is 83.1 Å². The molecule has 0 aliphatic carbocycles. The Bertz CT molecular complexity index is 3140. The predicted octanol–water partition coefficient (Wildman–Crippen LogP) is 7.11. The molecule has 1 aliphatic heterocycles. The van der Waals surface area contributed by atoms with E-state index in [0.717, 1.165) is 111 Å². The molecule has 1 aliphatic rings. The second-order valence-electron chi connectivity index (χ2n) is 18.0. The van der Waals surface area contributed by atoms with E-state index in [-0.39, 0.29) is 92.0 Å². The van der Waals surface area contributed by atoms with Crippen LogP contribution in [-0.2, 0) is 14.4 Å². The fraction of sp³-hybridized carbons (Fsp3) is 0.250. The number of halogens is 3. The molecule has 1 fully saturated rings. The van der Waals surface area contributed by atoms with E-state index in [1.165, 1.54) is 0 Å². The third-order valence-corrected chi connectivity index (χ3v) is 16.2. The second-order valence-corrected chi connectivity index (χ2v) is 24.9. The van der Waals surface area contributed by atoms with Crippen LogP contribution in [0.1, 0.15) is 44.4 Å². The fourth-order valence-electron chi connectivity index (χ4n) is 7.19. The molecule has 0 unspecified atom stereocenters. The van der Waals surface area contributed by atoms with Gasteiger partial charge in [-0.05, 0) is 124 Å². The van der Waals surface area contributed by atoms with Gasteiger partial charge in [0.25, 0.3) is 0 Å². The molecule has 0 saturated carbocycles. The molecule has 394 valence electrons. The van der Waals surface area contributed by atoms with Crippen LogP contribution in [0.5, 0.6) is 0 Å². The van der Waals surface area contributed by atoms with Crippen molar-refractivity contribution in [2.45, 2.75) is 71.3 Å². The van der Waals surface area contributed by atoms with Crippen molar-refractivity contribution in [3.63, 3.8) is 0 Å². The summed E-state index contributed by atoms with van der Waals surface area (Å²) in [5.41, 5.74) is 2.70. The average molecular weight is 1340 g/mol. The maximum Gasteiger partial charge on any atom is 2.00 e. The van der Waals surface area contributed by atoms with Crippen LogP contribution in [0.25, 0.3) is 49.4 Å². The van der Waals surface area contributed by atoms with Gasteiger partial charge in [-0.15, -0.1) is 30.6 Å². The van der Waals surface area contributed by atoms with E-state index in [2.05, 4.69) is 89.0 Å². The summed E-state index contributed by atoms with van der Waals surface area (Å²) in [6, 6.07) is 41.8. The van der Waals surface area contributed by atoms with E-state index < -0.39 is 32.1 Å². The Morgan fingerprint density at radius 1 is 0.481 bits per heavy atom. The van der Waals surface area contributed by atoms with E-state index >= 15 is 0 Å². The summed E-state index contributed by atoms with van der Waals surface area (Å²) in [6.07, 6.45) is 0. The summed E-state index contributed by atoms with van der Waals surface area (Å²) in [7, 11) is 0. The number of fused-ring (bicyclic) bond motifs is 3. The Labute approximate surface area is 558 Å². The van der Waals surface area contributed by atoms with E-state index in [0.29, 0.717) is 29.7 Å². The number of carboxylic acids is 3. The van der Waals surface area contributed by atoms with E-state index in [1.807, 2.05) is 137 Å². The molecule has 4 N–H and O–H groups in total. The topological polar surface area (TPSA) is 231 Å². The summed E-state index contributed by atoms with van der Waals surface area (Å²) in [4.78, 5) is 34.1. The Morgan fingerprint density at radius 2 is 0.740 bits per heavy atom. The molecule has 0 spiro atoms. The van der Waals surface area contributed by atoms with Crippen molar-refractivity contribution in [2.75, 3.05) is 26.2 Å². The van der Waals surface area contributed by atoms with Crippen LogP contribution in [0.4, 0.5) is 0 Å². The normalized spacial score (nSPS) is 12.4. The molecule has 17 nitrogen and oxygen atoms in total. The van der Waals surface area contributed by atoms with Crippen LogP contribution in [0, 0.1) is 0 Å². The summed E-state index contributed by atoms with van der Waals surface area (Å²) >= 11 is 13.7. The SMILES string of the molecule is C1CNCCN1.CC(C)(Sc1nnc(Br)n1-c1cccc2ccccc12)C(=O)O.CC(C)(Sc1nnc(Br)n1-c1cccc2ccccc12)C(=O)O.CC(C)(Sc1nnc(Br)n1-c1cccc2ccccc12)C(=O)[O-].[Ca+2].[H-].[H-].[K+]. The number of carbonyl (C=O) groups excluding carboxylic acids is 1. The van der Waals surface area contributed by atoms with Gasteiger partial charge in [0.1, 0.15) is 9.49 Å². The van der Waals surface area contributed by atoms with Gasteiger partial charge >= 0.3 is 101 Å². The minimum absolute atomic E-state index is 0. The van der Waals surface area contributed by atoms with E-state index in [4.69, 9.17) is 0 Å². The van der Waals surface area contributed by atoms with Crippen molar-refractivity contribution in [1.82, 2.24) is 54.9 Å². The van der Waals surface area contributed by atoms with Gasteiger partial charge in [0, 0.05) is 42.3 Å². The van der Waals surface area contributed by atoms with E-state index in [9.17, 15) is 29.7 Å². The van der Waals surface area contributed by atoms with Gasteiger partial charge in [-0.25, -0.2) is 0 Å². The minimum atomic E-state index is -1.15. The van der Waals surface area contributed by atoms with Gasteiger partial charge < -0.3 is 33.6 Å². The second kappa shape index (κ2) is 29.3. The van der Waals surface area contributed by atoms with Crippen molar-refractivity contribution in [2.24, 2.45) is 0 Å². The van der Waals surface area contributed by atoms with Crippen LogP contribution in [0.3, 0.4) is 0 Å². The third-order valence-electron chi connectivity index (χ3n) is 11.3. The Morgan fingerprint density at radius 3 is 1.00 bits per heavy atom. The number of aromatic nitrogens is 9. The number of piperazine rings is 1. The Kier molecular flexibility index (Phi) is 24.7. The summed E-state index contributed by atoms with van der Waals surface area (Å²) < 4.78 is 3.94. The number of carbonyl (C=O) groups is 3. The van der Waals surface area contributed by atoms with Gasteiger partial charge in [0.15, 0.2) is 15.5 Å². The van der Waals surface area contributed by atoms with Gasteiger partial charge in [0.2, 0.25) is 14.2 Å². The number of nitrogens with one attached hydrogen (secondary N) is 2. The van der Waals surface area contributed by atoms with Crippen LogP contribution in [0.15, 0.2) is 157 Å². The quantitative estimate of drug-likeness (QED) is 0.0705. The summed E-state index contributed by atoms with van der Waals surface area (Å²) in [5.74, 6) is -2.94. The largest absolute Gasteiger partial charge is 2.00 e. The van der Waals surface area contributed by atoms with Crippen LogP contribution in [0.2, 0.25) is 0 Å². The first-order valence-corrected chi connectivity index (χ1v) is 28.0. The van der Waals surface area contributed by atoms with Crippen molar-refractivity contribution in [3.8, 4) is 17.1 Å². The third kappa shape index (κ3) is 16.5. The first-order chi connectivity index (χ1) is 35.7. The zero-order valence-electron chi connectivity index (χ0n) is 45.1. The maximum absolute atomic E-state index is 11.4. The zero-order chi connectivity index (χ0) is 54.1. The Hall–Kier alpha value is -2.76. The molecule has 0 radical (unpaired) electrons. The standard InChI is InChI=1S/3C16H14BrN3O2S.C4H10N2.Ca.K.2H/c3*1-16(2,13(21)22)23-15-19-18-14(17)20(15)12-9-5-7-10-6-3-4-8-11(10)12;1-2-6-4-3-5-1;;;;/h3*3-9H,1-2H3,(H,21,22);5-6H,1-4H2;;;;/q;;;;+2;+1;2*-1/p-1. The molecule has 3 aromatic heterocycles. The zero-order valence-corrected chi connectivity index (χ0v) is 55.6. The van der Waals surface area contributed by atoms with Gasteiger partial charge in [-0.3, -0.25) is 23.3 Å². The molecule has 6 aromatic carbocycles. The number of aliphatic carboxylic acids is 3. The molecular weight excluding hydrogens is 1290 g/mol. The predicted molar refractivity (Wildman–Crippen MR) is 313 cm³/mol. The van der Waals surface area contributed by atoms with Gasteiger partial charge in [-0.2, -0.15) is 0 Å². The molecule has 77 heavy (non-hydrogen) atoms. The first-order valence-electron chi connectivity index (χ1n) is 23.1. The number of hydrogen-bond donors (Lipinski definition) is 4. The molecule has 4 heterocycles. The number of nitrogens with zero attached hydrogens (tertiary/aromatic N) is 9. The smallest absolute Gasteiger partial charge is 1.00 e. The number of benzene rings is 6. The minimum Gasteiger partial charge on any atom is -1.00 e.